The summed E-state index contributed by atoms with van der Waals surface area (Å²) in [4.78, 5) is 0. The van der Waals surface area contributed by atoms with E-state index in [2.05, 4.69) is 66.6 Å². The Morgan fingerprint density at radius 2 is 2.17 bits per heavy atom. The molecule has 0 amide bonds. The lowest BCUT2D eigenvalue weighted by atomic mass is 9.84. The molecule has 2 N–H and O–H groups in total. The first-order valence-electron chi connectivity index (χ1n) is 8.65. The van der Waals surface area contributed by atoms with Crippen molar-refractivity contribution >= 4 is 22.5 Å². The number of allylic oxidation sites excluding steroid dienone is 1. The van der Waals surface area contributed by atoms with Gasteiger partial charge in [-0.25, -0.2) is 0 Å². The van der Waals surface area contributed by atoms with Crippen molar-refractivity contribution in [3.05, 3.63) is 59.8 Å². The van der Waals surface area contributed by atoms with Crippen LogP contribution in [0.1, 0.15) is 43.2 Å². The smallest absolute Gasteiger partial charge is 0.0503 e. The summed E-state index contributed by atoms with van der Waals surface area (Å²) in [6, 6.07) is 11.4. The van der Waals surface area contributed by atoms with Crippen LogP contribution in [0.25, 0.3) is 16.8 Å². The summed E-state index contributed by atoms with van der Waals surface area (Å²) in [5.74, 6) is 0.534. The highest BCUT2D eigenvalue weighted by Crippen LogP contribution is 2.40. The molecule has 1 saturated heterocycles. The first-order chi connectivity index (χ1) is 11.2. The molecular formula is C21H24N2. The topological polar surface area (TPSA) is 24.1 Å². The standard InChI is InChI=1S/C21H24N2/c1-14-7-5-9-17-13-16-8-3-4-10-18(16)21(20(14)17)23-15(2)19-11-6-12-22-19/h3-5,8-10,13-14,19,22-23H,2,6-7,11-12H2,1H3. The second kappa shape index (κ2) is 5.86. The Labute approximate surface area is 138 Å². The Hall–Kier alpha value is -2.06. The molecule has 2 aromatic rings. The van der Waals surface area contributed by atoms with Crippen LogP contribution in [0.15, 0.2) is 48.7 Å². The lowest BCUT2D eigenvalue weighted by Crippen LogP contribution is -2.27. The Morgan fingerprint density at radius 1 is 1.30 bits per heavy atom. The van der Waals surface area contributed by atoms with Gasteiger partial charge in [-0.1, -0.05) is 49.9 Å². The number of fused-ring (bicyclic) bond motifs is 2. The molecule has 2 heteroatoms. The van der Waals surface area contributed by atoms with Crippen LogP contribution >= 0.6 is 0 Å². The van der Waals surface area contributed by atoms with E-state index in [-0.39, 0.29) is 0 Å². The summed E-state index contributed by atoms with van der Waals surface area (Å²) in [5, 5.41) is 9.82. The molecule has 0 spiro atoms. The van der Waals surface area contributed by atoms with Gasteiger partial charge in [0.2, 0.25) is 0 Å². The van der Waals surface area contributed by atoms with E-state index in [1.165, 1.54) is 40.4 Å². The van der Waals surface area contributed by atoms with Gasteiger partial charge in [0.15, 0.2) is 0 Å². The van der Waals surface area contributed by atoms with Gasteiger partial charge in [0.05, 0.1) is 5.69 Å². The second-order valence-electron chi connectivity index (χ2n) is 6.81. The number of rotatable bonds is 3. The maximum absolute atomic E-state index is 4.32. The predicted octanol–water partition coefficient (Wildman–Crippen LogP) is 5.04. The zero-order valence-corrected chi connectivity index (χ0v) is 13.7. The van der Waals surface area contributed by atoms with E-state index in [4.69, 9.17) is 0 Å². The van der Waals surface area contributed by atoms with Crippen LogP contribution in [-0.2, 0) is 0 Å². The molecule has 23 heavy (non-hydrogen) atoms. The van der Waals surface area contributed by atoms with E-state index in [0.717, 1.165) is 18.7 Å². The zero-order chi connectivity index (χ0) is 15.8. The van der Waals surface area contributed by atoms with Crippen molar-refractivity contribution in [1.29, 1.82) is 0 Å². The van der Waals surface area contributed by atoms with Crippen molar-refractivity contribution < 1.29 is 0 Å². The highest BCUT2D eigenvalue weighted by molar-refractivity contribution is 5.99. The molecule has 2 aromatic carbocycles. The van der Waals surface area contributed by atoms with Gasteiger partial charge in [-0.2, -0.15) is 0 Å². The second-order valence-corrected chi connectivity index (χ2v) is 6.81. The molecule has 1 heterocycles. The van der Waals surface area contributed by atoms with E-state index < -0.39 is 0 Å². The highest BCUT2D eigenvalue weighted by atomic mass is 15.0. The first-order valence-corrected chi connectivity index (χ1v) is 8.65. The van der Waals surface area contributed by atoms with Crippen molar-refractivity contribution in [3.8, 4) is 0 Å². The van der Waals surface area contributed by atoms with Gasteiger partial charge in [-0.05, 0) is 54.3 Å². The quantitative estimate of drug-likeness (QED) is 0.830. The third kappa shape index (κ3) is 2.57. The van der Waals surface area contributed by atoms with E-state index in [9.17, 15) is 0 Å². The largest absolute Gasteiger partial charge is 0.357 e. The van der Waals surface area contributed by atoms with E-state index in [1.54, 1.807) is 0 Å². The van der Waals surface area contributed by atoms with Gasteiger partial charge in [0.1, 0.15) is 0 Å². The average molecular weight is 304 g/mol. The molecule has 1 fully saturated rings. The molecule has 118 valence electrons. The lowest BCUT2D eigenvalue weighted by molar-refractivity contribution is 0.694. The van der Waals surface area contributed by atoms with Crippen molar-refractivity contribution in [2.45, 2.75) is 38.1 Å². The van der Waals surface area contributed by atoms with E-state index in [1.807, 2.05) is 0 Å². The molecule has 2 atom stereocenters. The SMILES string of the molecule is C=C(Nc1c2c(cc3ccccc13)C=CCC2C)C1CCCN1. The molecule has 0 bridgehead atoms. The fourth-order valence-electron chi connectivity index (χ4n) is 3.94. The van der Waals surface area contributed by atoms with Crippen molar-refractivity contribution in [3.63, 3.8) is 0 Å². The van der Waals surface area contributed by atoms with E-state index in [0.29, 0.717) is 12.0 Å². The zero-order valence-electron chi connectivity index (χ0n) is 13.7. The van der Waals surface area contributed by atoms with Gasteiger partial charge >= 0.3 is 0 Å². The molecule has 2 unspecified atom stereocenters. The van der Waals surface area contributed by atoms with Crippen LogP contribution in [0.4, 0.5) is 5.69 Å². The van der Waals surface area contributed by atoms with Crippen LogP contribution in [0, 0.1) is 0 Å². The highest BCUT2D eigenvalue weighted by Gasteiger charge is 2.22. The summed E-state index contributed by atoms with van der Waals surface area (Å²) in [7, 11) is 0. The van der Waals surface area contributed by atoms with Crippen LogP contribution in [0.3, 0.4) is 0 Å². The lowest BCUT2D eigenvalue weighted by Gasteiger charge is -2.26. The normalized spacial score (nSPS) is 23.0. The third-order valence-corrected chi connectivity index (χ3v) is 5.17. The van der Waals surface area contributed by atoms with Crippen molar-refractivity contribution in [1.82, 2.24) is 5.32 Å². The summed E-state index contributed by atoms with van der Waals surface area (Å²) in [5.41, 5.74) is 5.14. The van der Waals surface area contributed by atoms with Gasteiger partial charge in [0, 0.05) is 17.1 Å². The number of benzene rings is 2. The van der Waals surface area contributed by atoms with Crippen LogP contribution in [0.2, 0.25) is 0 Å². The van der Waals surface area contributed by atoms with Gasteiger partial charge in [0.25, 0.3) is 0 Å². The number of hydrogen-bond acceptors (Lipinski definition) is 2. The minimum Gasteiger partial charge on any atom is -0.357 e. The molecule has 1 aliphatic heterocycles. The van der Waals surface area contributed by atoms with Crippen LogP contribution in [0.5, 0.6) is 0 Å². The molecule has 2 nitrogen and oxygen atoms in total. The third-order valence-electron chi connectivity index (χ3n) is 5.17. The maximum atomic E-state index is 4.32. The maximum Gasteiger partial charge on any atom is 0.0503 e. The average Bonchev–Trinajstić information content (AvgIpc) is 3.09. The molecule has 0 radical (unpaired) electrons. The summed E-state index contributed by atoms with van der Waals surface area (Å²) < 4.78 is 0. The Balaban J connectivity index is 1.84. The number of nitrogens with one attached hydrogen (secondary N) is 2. The molecule has 2 aliphatic rings. The van der Waals surface area contributed by atoms with Gasteiger partial charge in [-0.3, -0.25) is 0 Å². The number of hydrogen-bond donors (Lipinski definition) is 2. The monoisotopic (exact) mass is 304 g/mol. The minimum absolute atomic E-state index is 0.388. The first kappa shape index (κ1) is 14.5. The Kier molecular flexibility index (Phi) is 3.70. The number of anilines is 1. The van der Waals surface area contributed by atoms with Crippen LogP contribution < -0.4 is 10.6 Å². The molecular weight excluding hydrogens is 280 g/mol. The Bertz CT molecular complexity index is 782. The van der Waals surface area contributed by atoms with Gasteiger partial charge in [-0.15, -0.1) is 0 Å². The van der Waals surface area contributed by atoms with Gasteiger partial charge < -0.3 is 10.6 Å². The minimum atomic E-state index is 0.388. The molecule has 4 rings (SSSR count). The fraction of sp³-hybridized carbons (Fsp3) is 0.333. The van der Waals surface area contributed by atoms with E-state index >= 15 is 0 Å². The summed E-state index contributed by atoms with van der Waals surface area (Å²) >= 11 is 0. The van der Waals surface area contributed by atoms with Crippen LogP contribution in [-0.4, -0.2) is 12.6 Å². The summed E-state index contributed by atoms with van der Waals surface area (Å²) in [6.07, 6.45) is 8.07. The van der Waals surface area contributed by atoms with Crippen molar-refractivity contribution in [2.24, 2.45) is 0 Å². The molecule has 0 aromatic heterocycles. The fourth-order valence-corrected chi connectivity index (χ4v) is 3.94. The summed E-state index contributed by atoms with van der Waals surface area (Å²) in [6.45, 7) is 7.73. The molecule has 0 saturated carbocycles. The Morgan fingerprint density at radius 3 is 3.00 bits per heavy atom. The van der Waals surface area contributed by atoms with Crippen molar-refractivity contribution in [2.75, 3.05) is 11.9 Å². The predicted molar refractivity (Wildman–Crippen MR) is 99.8 cm³/mol. The molecule has 1 aliphatic carbocycles.